The zero-order valence-electron chi connectivity index (χ0n) is 12.3. The Morgan fingerprint density at radius 1 is 1.20 bits per heavy atom. The highest BCUT2D eigenvalue weighted by Gasteiger charge is 2.09. The Morgan fingerprint density at radius 2 is 1.95 bits per heavy atom. The standard InChI is InChI=1S/C16H21N3O/c1-4-17-15-11-14(13-8-6-5-7-9-13)18-16(19-15)10-12(2)20-3/h5-9,11-12H,4,10H2,1-3H3,(H,17,18,19). The second-order valence-corrected chi connectivity index (χ2v) is 4.70. The number of nitrogens with one attached hydrogen (secondary N) is 1. The van der Waals surface area contributed by atoms with E-state index in [2.05, 4.69) is 34.3 Å². The molecule has 1 aromatic heterocycles. The minimum atomic E-state index is 0.107. The summed E-state index contributed by atoms with van der Waals surface area (Å²) in [7, 11) is 1.71. The number of hydrogen-bond acceptors (Lipinski definition) is 4. The van der Waals surface area contributed by atoms with Crippen LogP contribution in [0.15, 0.2) is 36.4 Å². The van der Waals surface area contributed by atoms with Crippen LogP contribution in [0.25, 0.3) is 11.3 Å². The normalized spacial score (nSPS) is 12.2. The maximum absolute atomic E-state index is 5.30. The van der Waals surface area contributed by atoms with Crippen molar-refractivity contribution in [3.8, 4) is 11.3 Å². The summed E-state index contributed by atoms with van der Waals surface area (Å²) in [4.78, 5) is 9.18. The third-order valence-electron chi connectivity index (χ3n) is 3.07. The van der Waals surface area contributed by atoms with Gasteiger partial charge in [0.05, 0.1) is 11.8 Å². The maximum Gasteiger partial charge on any atom is 0.133 e. The molecule has 1 atom stereocenters. The highest BCUT2D eigenvalue weighted by molar-refractivity contribution is 5.62. The Kier molecular flexibility index (Phi) is 5.07. The summed E-state index contributed by atoms with van der Waals surface area (Å²) in [5.41, 5.74) is 2.04. The highest BCUT2D eigenvalue weighted by Crippen LogP contribution is 2.20. The summed E-state index contributed by atoms with van der Waals surface area (Å²) < 4.78 is 5.30. The Bertz CT molecular complexity index is 543. The summed E-state index contributed by atoms with van der Waals surface area (Å²) in [6, 6.07) is 12.1. The minimum absolute atomic E-state index is 0.107. The summed E-state index contributed by atoms with van der Waals surface area (Å²) in [6.07, 6.45) is 0.811. The molecule has 1 aromatic carbocycles. The molecule has 20 heavy (non-hydrogen) atoms. The first-order chi connectivity index (χ1) is 9.72. The Morgan fingerprint density at radius 3 is 2.60 bits per heavy atom. The van der Waals surface area contributed by atoms with Gasteiger partial charge in [0.15, 0.2) is 0 Å². The average Bonchev–Trinajstić information content (AvgIpc) is 2.48. The fraction of sp³-hybridized carbons (Fsp3) is 0.375. The SMILES string of the molecule is CCNc1cc(-c2ccccc2)nc(CC(C)OC)n1. The second kappa shape index (κ2) is 7.01. The molecule has 0 radical (unpaired) electrons. The number of ether oxygens (including phenoxy) is 1. The van der Waals surface area contributed by atoms with Crippen molar-refractivity contribution < 1.29 is 4.74 Å². The minimum Gasteiger partial charge on any atom is -0.381 e. The van der Waals surface area contributed by atoms with Gasteiger partial charge in [-0.15, -0.1) is 0 Å². The van der Waals surface area contributed by atoms with E-state index in [1.54, 1.807) is 7.11 Å². The van der Waals surface area contributed by atoms with Gasteiger partial charge in [-0.2, -0.15) is 0 Å². The summed E-state index contributed by atoms with van der Waals surface area (Å²) in [5.74, 6) is 1.66. The zero-order valence-corrected chi connectivity index (χ0v) is 12.3. The van der Waals surface area contributed by atoms with Gasteiger partial charge in [0.25, 0.3) is 0 Å². The molecule has 2 aromatic rings. The van der Waals surface area contributed by atoms with E-state index in [0.717, 1.165) is 29.4 Å². The van der Waals surface area contributed by atoms with Gasteiger partial charge in [-0.05, 0) is 13.8 Å². The van der Waals surface area contributed by atoms with E-state index < -0.39 is 0 Å². The van der Waals surface area contributed by atoms with Crippen LogP contribution in [0.5, 0.6) is 0 Å². The predicted octanol–water partition coefficient (Wildman–Crippen LogP) is 3.15. The first kappa shape index (κ1) is 14.5. The average molecular weight is 271 g/mol. The van der Waals surface area contributed by atoms with Crippen LogP contribution in [0.4, 0.5) is 5.82 Å². The van der Waals surface area contributed by atoms with E-state index in [1.165, 1.54) is 0 Å². The number of rotatable bonds is 6. The van der Waals surface area contributed by atoms with Gasteiger partial charge in [0.1, 0.15) is 11.6 Å². The van der Waals surface area contributed by atoms with Gasteiger partial charge in [0.2, 0.25) is 0 Å². The lowest BCUT2D eigenvalue weighted by Crippen LogP contribution is -2.13. The molecular formula is C16H21N3O. The Balaban J connectivity index is 2.35. The fourth-order valence-electron chi connectivity index (χ4n) is 1.96. The maximum atomic E-state index is 5.30. The molecule has 0 amide bonds. The molecule has 0 aliphatic heterocycles. The quantitative estimate of drug-likeness (QED) is 0.876. The number of hydrogen-bond donors (Lipinski definition) is 1. The van der Waals surface area contributed by atoms with Crippen molar-refractivity contribution in [2.75, 3.05) is 19.0 Å². The molecule has 0 spiro atoms. The van der Waals surface area contributed by atoms with Crippen molar-refractivity contribution in [2.24, 2.45) is 0 Å². The molecule has 2 rings (SSSR count). The van der Waals surface area contributed by atoms with Crippen molar-refractivity contribution in [3.63, 3.8) is 0 Å². The van der Waals surface area contributed by atoms with Crippen LogP contribution in [-0.2, 0) is 11.2 Å². The first-order valence-electron chi connectivity index (χ1n) is 6.93. The molecule has 0 saturated carbocycles. The van der Waals surface area contributed by atoms with Crippen LogP contribution in [0, 0.1) is 0 Å². The number of methoxy groups -OCH3 is 1. The monoisotopic (exact) mass is 271 g/mol. The number of nitrogens with zero attached hydrogens (tertiary/aromatic N) is 2. The summed E-state index contributed by atoms with van der Waals surface area (Å²) in [5, 5.41) is 3.26. The molecule has 1 heterocycles. The topological polar surface area (TPSA) is 47.0 Å². The van der Waals surface area contributed by atoms with E-state index in [9.17, 15) is 0 Å². The molecule has 1 N–H and O–H groups in total. The van der Waals surface area contributed by atoms with Gasteiger partial charge in [-0.3, -0.25) is 0 Å². The molecular weight excluding hydrogens is 250 g/mol. The van der Waals surface area contributed by atoms with Crippen LogP contribution in [0.1, 0.15) is 19.7 Å². The van der Waals surface area contributed by atoms with E-state index >= 15 is 0 Å². The van der Waals surface area contributed by atoms with Gasteiger partial charge < -0.3 is 10.1 Å². The van der Waals surface area contributed by atoms with Crippen LogP contribution < -0.4 is 5.32 Å². The fourth-order valence-corrected chi connectivity index (χ4v) is 1.96. The largest absolute Gasteiger partial charge is 0.381 e. The highest BCUT2D eigenvalue weighted by atomic mass is 16.5. The molecule has 0 aliphatic carbocycles. The molecule has 0 bridgehead atoms. The third kappa shape index (κ3) is 3.78. The lowest BCUT2D eigenvalue weighted by Gasteiger charge is -2.12. The second-order valence-electron chi connectivity index (χ2n) is 4.70. The van der Waals surface area contributed by atoms with Crippen LogP contribution in [-0.4, -0.2) is 29.7 Å². The molecule has 0 saturated heterocycles. The van der Waals surface area contributed by atoms with Crippen molar-refractivity contribution >= 4 is 5.82 Å². The van der Waals surface area contributed by atoms with Crippen molar-refractivity contribution in [1.29, 1.82) is 0 Å². The third-order valence-corrected chi connectivity index (χ3v) is 3.07. The van der Waals surface area contributed by atoms with Gasteiger partial charge in [-0.1, -0.05) is 30.3 Å². The Hall–Kier alpha value is -1.94. The van der Waals surface area contributed by atoms with Crippen LogP contribution in [0.3, 0.4) is 0 Å². The molecule has 0 fully saturated rings. The van der Waals surface area contributed by atoms with E-state index in [1.807, 2.05) is 31.2 Å². The van der Waals surface area contributed by atoms with Gasteiger partial charge in [0, 0.05) is 31.7 Å². The van der Waals surface area contributed by atoms with E-state index in [-0.39, 0.29) is 6.10 Å². The van der Waals surface area contributed by atoms with Crippen molar-refractivity contribution in [2.45, 2.75) is 26.4 Å². The molecule has 0 aliphatic rings. The summed E-state index contributed by atoms with van der Waals surface area (Å²) in [6.45, 7) is 4.91. The van der Waals surface area contributed by atoms with Gasteiger partial charge >= 0.3 is 0 Å². The van der Waals surface area contributed by atoms with Crippen molar-refractivity contribution in [3.05, 3.63) is 42.2 Å². The van der Waals surface area contributed by atoms with E-state index in [0.29, 0.717) is 6.42 Å². The van der Waals surface area contributed by atoms with Gasteiger partial charge in [-0.25, -0.2) is 9.97 Å². The predicted molar refractivity (Wildman–Crippen MR) is 81.8 cm³/mol. The molecule has 4 nitrogen and oxygen atoms in total. The lowest BCUT2D eigenvalue weighted by atomic mass is 10.1. The smallest absolute Gasteiger partial charge is 0.133 e. The van der Waals surface area contributed by atoms with Crippen LogP contribution >= 0.6 is 0 Å². The van der Waals surface area contributed by atoms with E-state index in [4.69, 9.17) is 4.74 Å². The first-order valence-corrected chi connectivity index (χ1v) is 6.93. The Labute approximate surface area is 120 Å². The van der Waals surface area contributed by atoms with Crippen LogP contribution in [0.2, 0.25) is 0 Å². The lowest BCUT2D eigenvalue weighted by molar-refractivity contribution is 0.117. The number of benzene rings is 1. The number of aromatic nitrogens is 2. The zero-order chi connectivity index (χ0) is 14.4. The number of anilines is 1. The molecule has 4 heteroatoms. The van der Waals surface area contributed by atoms with Crippen molar-refractivity contribution in [1.82, 2.24) is 9.97 Å². The molecule has 1 unspecified atom stereocenters. The molecule has 106 valence electrons. The summed E-state index contributed by atoms with van der Waals surface area (Å²) >= 11 is 0.